The Morgan fingerprint density at radius 1 is 0.320 bits per heavy atom. The topological polar surface area (TPSA) is 4.93 Å². The minimum atomic E-state index is 1.15. The monoisotopic (exact) mass is 653 g/mol. The lowest BCUT2D eigenvalue weighted by atomic mass is 9.99. The molecule has 2 heteroatoms. The summed E-state index contributed by atoms with van der Waals surface area (Å²) in [5.74, 6) is 0. The zero-order chi connectivity index (χ0) is 33.0. The smallest absolute Gasteiger partial charge is 0.0547 e. The Morgan fingerprint density at radius 2 is 0.800 bits per heavy atom. The van der Waals surface area contributed by atoms with Crippen molar-refractivity contribution in [1.82, 2.24) is 4.57 Å². The van der Waals surface area contributed by atoms with Crippen molar-refractivity contribution < 1.29 is 0 Å². The standard InChI is InChI=1S/C48H31NS/c1-3-10-32(11-4-1)37-24-28-41-42-29-25-38(33-12-5-2-6-13-33)31-46(42)49(45(41)30-37)39-26-22-35(23-27-39)34-18-20-36(21-19-34)40-15-9-16-44-43-14-7-8-17-47(43)50-48(40)44/h1-31H. The summed E-state index contributed by atoms with van der Waals surface area (Å²) in [5, 5.41) is 5.18. The lowest BCUT2D eigenvalue weighted by Gasteiger charge is -2.12. The molecule has 0 fully saturated rings. The highest BCUT2D eigenvalue weighted by atomic mass is 32.1. The van der Waals surface area contributed by atoms with E-state index in [0.717, 1.165) is 5.69 Å². The molecular formula is C48H31NS. The van der Waals surface area contributed by atoms with Gasteiger partial charge in [-0.3, -0.25) is 0 Å². The van der Waals surface area contributed by atoms with Crippen LogP contribution in [0.1, 0.15) is 0 Å². The largest absolute Gasteiger partial charge is 0.309 e. The maximum absolute atomic E-state index is 2.43. The number of hydrogen-bond donors (Lipinski definition) is 0. The average Bonchev–Trinajstić information content (AvgIpc) is 3.74. The van der Waals surface area contributed by atoms with Crippen molar-refractivity contribution >= 4 is 53.3 Å². The maximum atomic E-state index is 2.43. The van der Waals surface area contributed by atoms with Gasteiger partial charge in [0.1, 0.15) is 0 Å². The summed E-state index contributed by atoms with van der Waals surface area (Å²) in [6, 6.07) is 68.6. The third-order valence-corrected chi connectivity index (χ3v) is 11.3. The molecule has 0 saturated carbocycles. The summed E-state index contributed by atoms with van der Waals surface area (Å²) in [5.41, 5.74) is 13.4. The molecule has 0 amide bonds. The van der Waals surface area contributed by atoms with Gasteiger partial charge in [-0.2, -0.15) is 0 Å². The van der Waals surface area contributed by atoms with Crippen LogP contribution >= 0.6 is 11.3 Å². The van der Waals surface area contributed by atoms with Crippen molar-refractivity contribution in [3.63, 3.8) is 0 Å². The fraction of sp³-hybridized carbons (Fsp3) is 0. The molecule has 1 nitrogen and oxygen atoms in total. The summed E-state index contributed by atoms with van der Waals surface area (Å²) in [7, 11) is 0. The summed E-state index contributed by atoms with van der Waals surface area (Å²) in [6.45, 7) is 0. The normalized spacial score (nSPS) is 11.6. The Labute approximate surface area is 295 Å². The lowest BCUT2D eigenvalue weighted by Crippen LogP contribution is -1.94. The highest BCUT2D eigenvalue weighted by molar-refractivity contribution is 7.26. The minimum Gasteiger partial charge on any atom is -0.309 e. The summed E-state index contributed by atoms with van der Waals surface area (Å²) < 4.78 is 5.12. The average molecular weight is 654 g/mol. The number of fused-ring (bicyclic) bond motifs is 6. The molecule has 8 aromatic carbocycles. The molecular weight excluding hydrogens is 623 g/mol. The van der Waals surface area contributed by atoms with Crippen molar-refractivity contribution in [2.24, 2.45) is 0 Å². The number of nitrogens with zero attached hydrogens (tertiary/aromatic N) is 1. The van der Waals surface area contributed by atoms with Crippen molar-refractivity contribution in [3.05, 3.63) is 188 Å². The van der Waals surface area contributed by atoms with Gasteiger partial charge in [-0.1, -0.05) is 158 Å². The first-order valence-electron chi connectivity index (χ1n) is 17.1. The second kappa shape index (κ2) is 11.7. The Kier molecular flexibility index (Phi) is 6.75. The number of thiophene rings is 1. The van der Waals surface area contributed by atoms with Gasteiger partial charge in [-0.15, -0.1) is 11.3 Å². The molecule has 0 spiro atoms. The number of hydrogen-bond acceptors (Lipinski definition) is 1. The first kappa shape index (κ1) is 28.8. The molecule has 10 rings (SSSR count). The Bertz CT molecular complexity index is 2730. The lowest BCUT2D eigenvalue weighted by molar-refractivity contribution is 1.18. The van der Waals surface area contributed by atoms with Gasteiger partial charge in [-0.05, 0) is 74.8 Å². The van der Waals surface area contributed by atoms with Crippen LogP contribution in [0.5, 0.6) is 0 Å². The molecule has 0 atom stereocenters. The zero-order valence-corrected chi connectivity index (χ0v) is 28.1. The highest BCUT2D eigenvalue weighted by Gasteiger charge is 2.16. The van der Waals surface area contributed by atoms with Crippen LogP contribution in [0, 0.1) is 0 Å². The molecule has 0 aliphatic heterocycles. The molecule has 0 aliphatic carbocycles. The number of benzene rings is 8. The van der Waals surface area contributed by atoms with Gasteiger partial charge in [0.15, 0.2) is 0 Å². The molecule has 0 radical (unpaired) electrons. The molecule has 0 bridgehead atoms. The van der Waals surface area contributed by atoms with E-state index in [0.29, 0.717) is 0 Å². The quantitative estimate of drug-likeness (QED) is 0.174. The van der Waals surface area contributed by atoms with Gasteiger partial charge in [0.05, 0.1) is 11.0 Å². The van der Waals surface area contributed by atoms with Crippen LogP contribution in [0.15, 0.2) is 188 Å². The van der Waals surface area contributed by atoms with Gasteiger partial charge in [0.2, 0.25) is 0 Å². The molecule has 2 aromatic heterocycles. The maximum Gasteiger partial charge on any atom is 0.0547 e. The van der Waals surface area contributed by atoms with Crippen LogP contribution in [-0.4, -0.2) is 4.57 Å². The SMILES string of the molecule is c1ccc(-c2ccc3c4ccc(-c5ccccc5)cc4n(-c4ccc(-c5ccc(-c6cccc7c6sc6ccccc67)cc5)cc4)c3c2)cc1. The number of aromatic nitrogens is 1. The van der Waals surface area contributed by atoms with Crippen LogP contribution in [0.25, 0.3) is 92.2 Å². The fourth-order valence-corrected chi connectivity index (χ4v) is 8.78. The van der Waals surface area contributed by atoms with Gasteiger partial charge >= 0.3 is 0 Å². The van der Waals surface area contributed by atoms with E-state index in [2.05, 4.69) is 193 Å². The third-order valence-electron chi connectivity index (χ3n) is 10.0. The molecule has 0 aliphatic rings. The molecule has 2 heterocycles. The highest BCUT2D eigenvalue weighted by Crippen LogP contribution is 2.41. The molecule has 10 aromatic rings. The summed E-state index contributed by atoms with van der Waals surface area (Å²) in [6.07, 6.45) is 0. The van der Waals surface area contributed by atoms with Gasteiger partial charge in [-0.25, -0.2) is 0 Å². The van der Waals surface area contributed by atoms with Crippen molar-refractivity contribution in [2.75, 3.05) is 0 Å². The second-order valence-corrected chi connectivity index (χ2v) is 14.0. The van der Waals surface area contributed by atoms with E-state index >= 15 is 0 Å². The Hall–Kier alpha value is -6.22. The van der Waals surface area contributed by atoms with E-state index in [1.807, 2.05) is 11.3 Å². The fourth-order valence-electron chi connectivity index (χ4n) is 7.54. The van der Waals surface area contributed by atoms with E-state index in [-0.39, 0.29) is 0 Å². The summed E-state index contributed by atoms with van der Waals surface area (Å²) in [4.78, 5) is 0. The zero-order valence-electron chi connectivity index (χ0n) is 27.3. The van der Waals surface area contributed by atoms with E-state index in [9.17, 15) is 0 Å². The first-order valence-corrected chi connectivity index (χ1v) is 17.9. The number of rotatable bonds is 5. The molecule has 50 heavy (non-hydrogen) atoms. The first-order chi connectivity index (χ1) is 24.8. The molecule has 0 N–H and O–H groups in total. The second-order valence-electron chi connectivity index (χ2n) is 12.9. The van der Waals surface area contributed by atoms with E-state index < -0.39 is 0 Å². The van der Waals surface area contributed by atoms with Crippen molar-refractivity contribution in [2.45, 2.75) is 0 Å². The van der Waals surface area contributed by atoms with Crippen molar-refractivity contribution in [1.29, 1.82) is 0 Å². The Balaban J connectivity index is 1.06. The van der Waals surface area contributed by atoms with Crippen LogP contribution < -0.4 is 0 Å². The van der Waals surface area contributed by atoms with Crippen LogP contribution in [0.4, 0.5) is 0 Å². The molecule has 0 unspecified atom stereocenters. The molecule has 0 saturated heterocycles. The van der Waals surface area contributed by atoms with Crippen molar-refractivity contribution in [3.8, 4) is 50.2 Å². The van der Waals surface area contributed by atoms with E-state index in [1.165, 1.54) is 86.5 Å². The predicted octanol–water partition coefficient (Wildman–Crippen LogP) is 13.8. The van der Waals surface area contributed by atoms with E-state index in [1.54, 1.807) is 0 Å². The van der Waals surface area contributed by atoms with E-state index in [4.69, 9.17) is 0 Å². The van der Waals surface area contributed by atoms with Crippen LogP contribution in [0.2, 0.25) is 0 Å². The third kappa shape index (κ3) is 4.76. The summed E-state index contributed by atoms with van der Waals surface area (Å²) >= 11 is 1.88. The predicted molar refractivity (Wildman–Crippen MR) is 215 cm³/mol. The van der Waals surface area contributed by atoms with Crippen LogP contribution in [0.3, 0.4) is 0 Å². The van der Waals surface area contributed by atoms with Gasteiger partial charge < -0.3 is 4.57 Å². The van der Waals surface area contributed by atoms with Gasteiger partial charge in [0, 0.05) is 36.6 Å². The van der Waals surface area contributed by atoms with Gasteiger partial charge in [0.25, 0.3) is 0 Å². The molecule has 234 valence electrons. The Morgan fingerprint density at radius 3 is 1.42 bits per heavy atom. The minimum absolute atomic E-state index is 1.15. The van der Waals surface area contributed by atoms with Crippen LogP contribution in [-0.2, 0) is 0 Å².